The quantitative estimate of drug-likeness (QED) is 0.0288. The summed E-state index contributed by atoms with van der Waals surface area (Å²) in [7, 11) is 0. The second kappa shape index (κ2) is 60.0. The highest BCUT2D eigenvalue weighted by molar-refractivity contribution is 5.86. The van der Waals surface area contributed by atoms with Crippen molar-refractivity contribution in [2.24, 2.45) is 27.1 Å². The maximum Gasteiger partial charge on any atom is 0.408 e. The van der Waals surface area contributed by atoms with Crippen LogP contribution in [0.3, 0.4) is 0 Å². The molecule has 622 valence electrons. The number of carbonyl (C=O) groups is 6. The van der Waals surface area contributed by atoms with Gasteiger partial charge in [0.25, 0.3) is 0 Å². The number of alkyl carbamates (subject to hydrolysis) is 1. The summed E-state index contributed by atoms with van der Waals surface area (Å²) in [5, 5.41) is 3.04. The molecule has 0 saturated heterocycles. The van der Waals surface area contributed by atoms with Gasteiger partial charge in [-0.25, -0.2) is 9.59 Å². The lowest BCUT2D eigenvalue weighted by molar-refractivity contribution is -0.192. The molecule has 2 unspecified atom stereocenters. The summed E-state index contributed by atoms with van der Waals surface area (Å²) in [6, 6.07) is 16.6. The fraction of sp³-hybridized carbons (Fsp3) is 0.635. The Labute approximate surface area is 672 Å². The number of unbranched alkanes of at least 4 members (excludes halogenated alkanes) is 6. The summed E-state index contributed by atoms with van der Waals surface area (Å²) in [5.41, 5.74) is 2.58. The van der Waals surface area contributed by atoms with Crippen LogP contribution in [0.4, 0.5) is 4.79 Å². The van der Waals surface area contributed by atoms with Gasteiger partial charge in [-0.15, -0.1) is 26.3 Å². The molecule has 0 fully saturated rings. The molecule has 2 aromatic rings. The monoisotopic (exact) mass is 1540 g/mol. The highest BCUT2D eigenvalue weighted by Crippen LogP contribution is 2.45. The largest absolute Gasteiger partial charge is 0.466 e. The van der Waals surface area contributed by atoms with Crippen LogP contribution in [-0.4, -0.2) is 87.3 Å². The van der Waals surface area contributed by atoms with Crippen molar-refractivity contribution < 1.29 is 66.8 Å². The molecule has 5 rings (SSSR count). The minimum absolute atomic E-state index is 0.00750. The van der Waals surface area contributed by atoms with Crippen LogP contribution in [0.15, 0.2) is 148 Å². The fourth-order valence-corrected chi connectivity index (χ4v) is 14.9. The first-order chi connectivity index (χ1) is 53.4. The maximum atomic E-state index is 13.5. The van der Waals surface area contributed by atoms with Gasteiger partial charge in [0.15, 0.2) is 0 Å². The van der Waals surface area contributed by atoms with Gasteiger partial charge in [-0.3, -0.25) is 19.2 Å². The normalized spacial score (nSPS) is 18.3. The number of benzene rings is 2. The fourth-order valence-electron chi connectivity index (χ4n) is 14.9. The van der Waals surface area contributed by atoms with Gasteiger partial charge in [0, 0.05) is 5.92 Å². The van der Waals surface area contributed by atoms with E-state index in [1.54, 1.807) is 0 Å². The Bertz CT molecular complexity index is 3000. The number of amides is 1. The number of carbonyl (C=O) groups excluding carboxylic acids is 8. The van der Waals surface area contributed by atoms with Crippen molar-refractivity contribution in [2.75, 3.05) is 39.6 Å². The van der Waals surface area contributed by atoms with E-state index in [1.165, 1.54) is 43.2 Å². The first-order valence-electron chi connectivity index (χ1n) is 42.4. The molecule has 0 heterocycles. The van der Waals surface area contributed by atoms with E-state index in [1.807, 2.05) is 104 Å². The predicted octanol–water partition coefficient (Wildman–Crippen LogP) is 24.9. The van der Waals surface area contributed by atoms with Crippen LogP contribution in [0.2, 0.25) is 0 Å². The Hall–Kier alpha value is -7.64. The number of ether oxygens (including phenoxy) is 6. The molecule has 3 aliphatic carbocycles. The number of nitrogens with one attached hydrogen (secondary N) is 1. The number of hydrogen-bond donors (Lipinski definition) is 1. The molecule has 0 aromatic heterocycles. The Morgan fingerprint density at radius 1 is 0.432 bits per heavy atom. The Balaban J connectivity index is 0.000000799. The zero-order valence-electron chi connectivity index (χ0n) is 71.1. The molecule has 2 atom stereocenters. The van der Waals surface area contributed by atoms with Crippen LogP contribution < -0.4 is 5.32 Å². The van der Waals surface area contributed by atoms with E-state index >= 15 is 0 Å². The molecule has 0 radical (unpaired) electrons. The van der Waals surface area contributed by atoms with Crippen LogP contribution in [0, 0.1) is 27.1 Å². The number of esters is 5. The van der Waals surface area contributed by atoms with Crippen LogP contribution in [0.5, 0.6) is 0 Å². The summed E-state index contributed by atoms with van der Waals surface area (Å²) < 4.78 is 32.5. The first kappa shape index (κ1) is 101. The lowest BCUT2D eigenvalue weighted by atomic mass is 9.78. The van der Waals surface area contributed by atoms with Gasteiger partial charge in [-0.05, 0) is 321 Å². The van der Waals surface area contributed by atoms with E-state index in [2.05, 4.69) is 125 Å². The summed E-state index contributed by atoms with van der Waals surface area (Å²) >= 11 is 0. The van der Waals surface area contributed by atoms with E-state index in [0.29, 0.717) is 44.7 Å². The molecule has 2 aromatic carbocycles. The zero-order valence-corrected chi connectivity index (χ0v) is 71.1. The second-order valence-electron chi connectivity index (χ2n) is 31.4. The molecule has 1 N–H and O–H groups in total. The highest BCUT2D eigenvalue weighted by atomic mass is 16.6. The van der Waals surface area contributed by atoms with Crippen molar-refractivity contribution in [3.8, 4) is 11.1 Å². The summed E-state index contributed by atoms with van der Waals surface area (Å²) in [5.74, 6) is -0.636. The Morgan fingerprint density at radius 3 is 1.05 bits per heavy atom. The van der Waals surface area contributed by atoms with Crippen LogP contribution in [0.1, 0.15) is 331 Å². The lowest BCUT2D eigenvalue weighted by Crippen LogP contribution is -2.55. The molecule has 15 heteroatoms. The number of fused-ring (bicyclic) bond motifs is 3. The predicted molar refractivity (Wildman–Crippen MR) is 453 cm³/mol. The van der Waals surface area contributed by atoms with Crippen molar-refractivity contribution in [3.05, 3.63) is 159 Å². The third kappa shape index (κ3) is 40.1. The van der Waals surface area contributed by atoms with Crippen molar-refractivity contribution in [3.63, 3.8) is 0 Å². The van der Waals surface area contributed by atoms with Gasteiger partial charge < -0.3 is 33.7 Å². The third-order valence-electron chi connectivity index (χ3n) is 22.1. The zero-order chi connectivity index (χ0) is 82.6. The van der Waals surface area contributed by atoms with Crippen LogP contribution >= 0.6 is 0 Å². The summed E-state index contributed by atoms with van der Waals surface area (Å²) in [6.45, 7) is 39.4. The van der Waals surface area contributed by atoms with E-state index in [-0.39, 0.29) is 66.0 Å². The molecule has 3 aliphatic rings. The second-order valence-corrected chi connectivity index (χ2v) is 31.4. The van der Waals surface area contributed by atoms with Gasteiger partial charge >= 0.3 is 42.1 Å². The van der Waals surface area contributed by atoms with Crippen molar-refractivity contribution >= 4 is 42.1 Å². The van der Waals surface area contributed by atoms with Crippen LogP contribution in [-0.2, 0) is 62.0 Å². The molecule has 1 amide bonds. The van der Waals surface area contributed by atoms with E-state index < -0.39 is 22.5 Å². The van der Waals surface area contributed by atoms with Crippen molar-refractivity contribution in [2.45, 2.75) is 325 Å². The average molecular weight is 1540 g/mol. The molecule has 111 heavy (non-hydrogen) atoms. The van der Waals surface area contributed by atoms with E-state index in [0.717, 1.165) is 204 Å². The van der Waals surface area contributed by atoms with Gasteiger partial charge in [0.1, 0.15) is 12.1 Å². The minimum atomic E-state index is -1.12. The average Bonchev–Trinajstić information content (AvgIpc) is 1.62. The minimum Gasteiger partial charge on any atom is -0.466 e. The molecular weight excluding hydrogens is 1390 g/mol. The maximum absolute atomic E-state index is 13.5. The molecular formula is C96H149NO14. The number of allylic oxidation sites excluding steroid dienone is 12. The van der Waals surface area contributed by atoms with Crippen LogP contribution in [0.25, 0.3) is 11.1 Å². The first-order valence-corrected chi connectivity index (χ1v) is 42.4. The van der Waals surface area contributed by atoms with Crippen molar-refractivity contribution in [1.82, 2.24) is 5.32 Å². The van der Waals surface area contributed by atoms with Gasteiger partial charge in [0.05, 0.1) is 54.7 Å². The Kier molecular flexibility index (Phi) is 54.8. The topological polar surface area (TPSA) is 204 Å². The highest BCUT2D eigenvalue weighted by Gasteiger charge is 2.42. The standard InChI is InChI=1S/C39H53NO4.C28H48O4.C15H26O2.C13H22O2.CO2/c1-4-38(3)26-18-10-6-8-12-20-28-39(36(41)43-5-2,29-21-13-9-7-11-19-27-38)40-37(42)44-30-35-33-24-16-14-22-31(33)32-23-15-17-25-34(32)35;1-7-11-17-21-27(5,25(29)31-9-3)23-19-15-13-14-16-20-24-28(6,22-18-12-8-2)26(30)32-10-4;1-5-8-10-12-15(4,13-11-9-6-2)14(16)17-7-3;1-3-15-12(14)13(2)10-8-6-4-5-7-9-11-13;2-1-3/h6-9,14-17,22-25,35H,4-5,10-13,18-21,26-30H2,1-3H3,(H,40,42);7-8,13-14H,1-2,9-12,15-24H2,3-6H3;5-6H,1-2,7-13H2,3-4H3;4-5H,3,6-11H2,1-2H3;. The lowest BCUT2D eigenvalue weighted by Gasteiger charge is -2.32. The van der Waals surface area contributed by atoms with E-state index in [9.17, 15) is 28.8 Å². The number of hydrogen-bond acceptors (Lipinski definition) is 14. The van der Waals surface area contributed by atoms with E-state index in [4.69, 9.17) is 38.0 Å². The van der Waals surface area contributed by atoms with Crippen molar-refractivity contribution in [1.29, 1.82) is 0 Å². The molecule has 15 nitrogen and oxygen atoms in total. The summed E-state index contributed by atoms with van der Waals surface area (Å²) in [6.07, 6.45) is 60.6. The third-order valence-corrected chi connectivity index (χ3v) is 22.1. The molecule has 0 saturated carbocycles. The van der Waals surface area contributed by atoms with Gasteiger partial charge in [0.2, 0.25) is 0 Å². The SMILES string of the molecule is C=CCCCC(C)(CCCC=C)C(=O)OCC.C=CCCCC(C)(CCCC=CCCCC(C)(CCCC=C)C(=O)OCC)C(=O)OCC.CCOC(=O)C1(C)CCCC=CCCC1.CCOC(=O)C1(NC(=O)OCC2c3ccccc3-c3ccccc32)CCCC=CCCCC(C)(CC)CCCC=CCCC1.O=C=O. The van der Waals surface area contributed by atoms with Gasteiger partial charge in [-0.2, -0.15) is 9.59 Å². The Morgan fingerprint density at radius 2 is 0.730 bits per heavy atom. The summed E-state index contributed by atoms with van der Waals surface area (Å²) in [4.78, 5) is 91.9. The molecule has 0 bridgehead atoms. The van der Waals surface area contributed by atoms with Gasteiger partial charge in [-0.1, -0.05) is 142 Å². The molecule has 0 aliphatic heterocycles. The molecule has 0 spiro atoms. The number of rotatable bonds is 38. The smallest absolute Gasteiger partial charge is 0.408 e.